The third kappa shape index (κ3) is 3.03. The lowest BCUT2D eigenvalue weighted by atomic mass is 9.98. The van der Waals surface area contributed by atoms with Gasteiger partial charge >= 0.3 is 12.4 Å². The third-order valence-electron chi connectivity index (χ3n) is 5.55. The van der Waals surface area contributed by atoms with Crippen LogP contribution in [-0.2, 0) is 12.4 Å². The quantitative estimate of drug-likeness (QED) is 0.144. The van der Waals surface area contributed by atoms with E-state index in [-0.39, 0.29) is 21.8 Å². The van der Waals surface area contributed by atoms with Gasteiger partial charge in [-0.25, -0.2) is 9.97 Å². The Bertz CT molecular complexity index is 1570. The maximum Gasteiger partial charge on any atom is 0.433 e. The fourth-order valence-corrected chi connectivity index (χ4v) is 3.92. The van der Waals surface area contributed by atoms with E-state index in [2.05, 4.69) is 15.0 Å². The lowest BCUT2D eigenvalue weighted by molar-refractivity contribution is -0.164. The summed E-state index contributed by atoms with van der Waals surface area (Å²) in [6.07, 6.45) is -10.5. The number of fused-ring (bicyclic) bond motifs is 7. The lowest BCUT2D eigenvalue weighted by Gasteiger charge is -2.18. The summed E-state index contributed by atoms with van der Waals surface area (Å²) in [7, 11) is 0. The number of benzene rings is 2. The van der Waals surface area contributed by atoms with E-state index in [0.717, 1.165) is 5.39 Å². The molecule has 0 N–H and O–H groups in total. The molecule has 0 bridgehead atoms. The van der Waals surface area contributed by atoms with E-state index in [0.29, 0.717) is 33.7 Å². The molecule has 32 heavy (non-hydrogen) atoms. The van der Waals surface area contributed by atoms with Gasteiger partial charge in [-0.3, -0.25) is 4.98 Å². The van der Waals surface area contributed by atoms with Gasteiger partial charge in [0.15, 0.2) is 5.69 Å². The molecule has 0 saturated heterocycles. The number of aromatic nitrogens is 3. The van der Waals surface area contributed by atoms with Crippen molar-refractivity contribution in [3.8, 4) is 0 Å². The molecule has 3 aromatic heterocycles. The van der Waals surface area contributed by atoms with Crippen molar-refractivity contribution in [1.29, 1.82) is 0 Å². The highest BCUT2D eigenvalue weighted by molar-refractivity contribution is 6.23. The Balaban J connectivity index is 2.10. The minimum absolute atomic E-state index is 0.108. The van der Waals surface area contributed by atoms with Crippen LogP contribution in [-0.4, -0.2) is 15.0 Å². The van der Waals surface area contributed by atoms with Crippen LogP contribution in [0.15, 0.2) is 42.5 Å². The first-order valence-corrected chi connectivity index (χ1v) is 9.53. The molecule has 0 saturated carbocycles. The van der Waals surface area contributed by atoms with E-state index in [1.807, 2.05) is 0 Å². The molecule has 0 fully saturated rings. The number of rotatable bonds is 0. The van der Waals surface area contributed by atoms with Crippen LogP contribution < -0.4 is 0 Å². The summed E-state index contributed by atoms with van der Waals surface area (Å²) in [4.78, 5) is 12.6. The number of alkyl halides is 6. The minimum atomic E-state index is -5.29. The molecule has 162 valence electrons. The standard InChI is InChI=1S/C23H13F6N3/c1-10-7-13-18(30-11(10)2)14-8-12-5-3-4-6-17(12)31-19(14)15-9-16(22(24,25)26)21(23(27,28)29)32-20(13)15/h3-9H,1-2H3. The molecule has 0 spiro atoms. The summed E-state index contributed by atoms with van der Waals surface area (Å²) in [6, 6.07) is 10.8. The van der Waals surface area contributed by atoms with Gasteiger partial charge in [-0.1, -0.05) is 18.2 Å². The van der Waals surface area contributed by atoms with Gasteiger partial charge in [0.1, 0.15) is 0 Å². The summed E-state index contributed by atoms with van der Waals surface area (Å²) >= 11 is 0. The van der Waals surface area contributed by atoms with Crippen LogP contribution in [0.5, 0.6) is 0 Å². The number of pyridine rings is 3. The molecular weight excluding hydrogens is 432 g/mol. The van der Waals surface area contributed by atoms with Crippen molar-refractivity contribution >= 4 is 43.6 Å². The van der Waals surface area contributed by atoms with Crippen molar-refractivity contribution in [3.05, 3.63) is 65.0 Å². The van der Waals surface area contributed by atoms with Crippen LogP contribution >= 0.6 is 0 Å². The number of nitrogens with zero attached hydrogens (tertiary/aromatic N) is 3. The first-order chi connectivity index (χ1) is 14.9. The first kappa shape index (κ1) is 20.4. The minimum Gasteiger partial charge on any atom is -0.252 e. The van der Waals surface area contributed by atoms with E-state index in [4.69, 9.17) is 0 Å². The molecule has 0 radical (unpaired) electrons. The summed E-state index contributed by atoms with van der Waals surface area (Å²) in [5.41, 5.74) is -1.74. The van der Waals surface area contributed by atoms with Gasteiger partial charge in [-0.05, 0) is 43.7 Å². The van der Waals surface area contributed by atoms with Gasteiger partial charge < -0.3 is 0 Å². The molecule has 0 aliphatic carbocycles. The predicted molar refractivity (Wildman–Crippen MR) is 109 cm³/mol. The van der Waals surface area contributed by atoms with Gasteiger partial charge in [-0.15, -0.1) is 0 Å². The number of halogens is 6. The second-order valence-corrected chi connectivity index (χ2v) is 7.64. The Hall–Kier alpha value is -3.49. The Labute approximate surface area is 176 Å². The molecule has 3 nitrogen and oxygen atoms in total. The van der Waals surface area contributed by atoms with Crippen molar-refractivity contribution in [2.24, 2.45) is 0 Å². The van der Waals surface area contributed by atoms with Gasteiger partial charge in [0.25, 0.3) is 0 Å². The fourth-order valence-electron chi connectivity index (χ4n) is 3.92. The van der Waals surface area contributed by atoms with Gasteiger partial charge in [0.05, 0.1) is 27.6 Å². The molecule has 9 heteroatoms. The van der Waals surface area contributed by atoms with Gasteiger partial charge in [0, 0.05) is 27.2 Å². The summed E-state index contributed by atoms with van der Waals surface area (Å²) in [5, 5.41) is 1.32. The summed E-state index contributed by atoms with van der Waals surface area (Å²) in [6.45, 7) is 3.48. The molecule has 0 aliphatic rings. The zero-order chi connectivity index (χ0) is 23.0. The van der Waals surface area contributed by atoms with Crippen molar-refractivity contribution in [3.63, 3.8) is 0 Å². The Kier molecular flexibility index (Phi) is 4.15. The fraction of sp³-hybridized carbons (Fsp3) is 0.174. The maximum atomic E-state index is 13.6. The topological polar surface area (TPSA) is 38.7 Å². The largest absolute Gasteiger partial charge is 0.433 e. The highest BCUT2D eigenvalue weighted by Gasteiger charge is 2.45. The van der Waals surface area contributed by atoms with Crippen molar-refractivity contribution in [2.75, 3.05) is 0 Å². The highest BCUT2D eigenvalue weighted by Crippen LogP contribution is 2.43. The summed E-state index contributed by atoms with van der Waals surface area (Å²) in [5.74, 6) is 0. The van der Waals surface area contributed by atoms with E-state index in [1.165, 1.54) is 0 Å². The van der Waals surface area contributed by atoms with Crippen LogP contribution in [0.4, 0.5) is 26.3 Å². The average molecular weight is 445 g/mol. The van der Waals surface area contributed by atoms with Crippen molar-refractivity contribution in [2.45, 2.75) is 26.2 Å². The molecular formula is C23H13F6N3. The van der Waals surface area contributed by atoms with Crippen LogP contribution in [0.25, 0.3) is 43.6 Å². The van der Waals surface area contributed by atoms with E-state index in [9.17, 15) is 26.3 Å². The van der Waals surface area contributed by atoms with Crippen molar-refractivity contribution in [1.82, 2.24) is 15.0 Å². The first-order valence-electron chi connectivity index (χ1n) is 9.53. The number of aryl methyl sites for hydroxylation is 2. The highest BCUT2D eigenvalue weighted by atomic mass is 19.4. The second-order valence-electron chi connectivity index (χ2n) is 7.64. The zero-order valence-electron chi connectivity index (χ0n) is 16.7. The monoisotopic (exact) mass is 445 g/mol. The number of hydrogen-bond donors (Lipinski definition) is 0. The van der Waals surface area contributed by atoms with Gasteiger partial charge in [0.2, 0.25) is 0 Å². The predicted octanol–water partition coefficient (Wildman–Crippen LogP) is 7.14. The van der Waals surface area contributed by atoms with Crippen LogP contribution in [0.3, 0.4) is 0 Å². The smallest absolute Gasteiger partial charge is 0.252 e. The third-order valence-corrected chi connectivity index (χ3v) is 5.55. The molecule has 5 rings (SSSR count). The molecule has 0 aliphatic heterocycles. The van der Waals surface area contributed by atoms with Gasteiger partial charge in [-0.2, -0.15) is 26.3 Å². The summed E-state index contributed by atoms with van der Waals surface area (Å²) < 4.78 is 81.6. The maximum absolute atomic E-state index is 13.6. The van der Waals surface area contributed by atoms with Crippen molar-refractivity contribution < 1.29 is 26.3 Å². The van der Waals surface area contributed by atoms with Crippen LogP contribution in [0.1, 0.15) is 22.5 Å². The lowest BCUT2D eigenvalue weighted by Crippen LogP contribution is -2.18. The van der Waals surface area contributed by atoms with Crippen LogP contribution in [0.2, 0.25) is 0 Å². The Morgan fingerprint density at radius 3 is 1.94 bits per heavy atom. The SMILES string of the molecule is Cc1cc2c(nc1C)c1cc3ccccc3nc1c1cc(C(F)(F)F)c(C(F)(F)F)nc21. The average Bonchev–Trinajstić information content (AvgIpc) is 2.72. The van der Waals surface area contributed by atoms with E-state index < -0.39 is 23.6 Å². The molecule has 0 atom stereocenters. The molecule has 5 aromatic rings. The second kappa shape index (κ2) is 6.51. The number of hydrogen-bond acceptors (Lipinski definition) is 3. The normalized spacial score (nSPS) is 13.0. The molecule has 0 amide bonds. The Morgan fingerprint density at radius 1 is 0.656 bits per heavy atom. The zero-order valence-corrected chi connectivity index (χ0v) is 16.7. The van der Waals surface area contributed by atoms with E-state index in [1.54, 1.807) is 50.2 Å². The molecule has 2 aromatic carbocycles. The molecule has 0 unspecified atom stereocenters. The molecule has 3 heterocycles. The van der Waals surface area contributed by atoms with E-state index >= 15 is 0 Å². The number of para-hydroxylation sites is 1. The van der Waals surface area contributed by atoms with Crippen LogP contribution in [0, 0.1) is 13.8 Å². The Morgan fingerprint density at radius 2 is 1.25 bits per heavy atom.